The van der Waals surface area contributed by atoms with Gasteiger partial charge in [-0.25, -0.2) is 0 Å². The number of fused-ring (bicyclic) bond motifs is 1. The van der Waals surface area contributed by atoms with Crippen LogP contribution in [0.2, 0.25) is 10.0 Å². The van der Waals surface area contributed by atoms with Crippen LogP contribution < -0.4 is 20.3 Å². The predicted octanol–water partition coefficient (Wildman–Crippen LogP) is 5.80. The number of benzene rings is 1. The monoisotopic (exact) mass is 447 g/mol. The minimum atomic E-state index is -0.154. The van der Waals surface area contributed by atoms with Crippen LogP contribution in [0.3, 0.4) is 0 Å². The zero-order valence-electron chi connectivity index (χ0n) is 16.9. The van der Waals surface area contributed by atoms with Crippen LogP contribution >= 0.6 is 23.2 Å². The molecule has 0 radical (unpaired) electrons. The van der Waals surface area contributed by atoms with Crippen LogP contribution in [0.4, 0.5) is 11.4 Å². The molecule has 2 heterocycles. The van der Waals surface area contributed by atoms with Crippen LogP contribution in [0, 0.1) is 0 Å². The molecular formula is C22H23Cl2N3O3. The highest BCUT2D eigenvalue weighted by atomic mass is 35.5. The highest BCUT2D eigenvalue weighted by Gasteiger charge is 2.23. The Morgan fingerprint density at radius 1 is 1.20 bits per heavy atom. The highest BCUT2D eigenvalue weighted by molar-refractivity contribution is 6.39. The second-order valence-corrected chi connectivity index (χ2v) is 8.08. The summed E-state index contributed by atoms with van der Waals surface area (Å²) in [4.78, 5) is 17.0. The Bertz CT molecular complexity index is 1120. The second kappa shape index (κ2) is 8.74. The van der Waals surface area contributed by atoms with Crippen molar-refractivity contribution in [3.8, 4) is 11.5 Å². The lowest BCUT2D eigenvalue weighted by molar-refractivity contribution is 0.202. The number of nitrogens with zero attached hydrogens (tertiary/aromatic N) is 2. The van der Waals surface area contributed by atoms with E-state index in [0.717, 1.165) is 31.1 Å². The molecule has 0 aliphatic heterocycles. The maximum Gasteiger partial charge on any atom is 0.253 e. The molecule has 0 unspecified atom stereocenters. The Balaban J connectivity index is 1.94. The van der Waals surface area contributed by atoms with Gasteiger partial charge in [-0.15, -0.1) is 0 Å². The van der Waals surface area contributed by atoms with Gasteiger partial charge in [-0.05, 0) is 44.7 Å². The summed E-state index contributed by atoms with van der Waals surface area (Å²) in [6.07, 6.45) is 7.40. The molecule has 4 rings (SSSR count). The van der Waals surface area contributed by atoms with Gasteiger partial charge in [0.25, 0.3) is 5.56 Å². The van der Waals surface area contributed by atoms with Gasteiger partial charge in [0, 0.05) is 30.4 Å². The molecule has 0 amide bonds. The average Bonchev–Trinajstić information content (AvgIpc) is 3.24. The fourth-order valence-corrected chi connectivity index (χ4v) is 4.42. The molecule has 30 heavy (non-hydrogen) atoms. The first-order valence-electron chi connectivity index (χ1n) is 10.0. The van der Waals surface area contributed by atoms with E-state index >= 15 is 0 Å². The molecule has 1 saturated carbocycles. The predicted molar refractivity (Wildman–Crippen MR) is 121 cm³/mol. The van der Waals surface area contributed by atoms with Gasteiger partial charge in [-0.2, -0.15) is 0 Å². The topological polar surface area (TPSA) is 65.4 Å². The number of hydrogen-bond donors (Lipinski definition) is 1. The molecule has 158 valence electrons. The van der Waals surface area contributed by atoms with Crippen molar-refractivity contribution in [3.63, 3.8) is 0 Å². The summed E-state index contributed by atoms with van der Waals surface area (Å²) in [7, 11) is 1.61. The van der Waals surface area contributed by atoms with Gasteiger partial charge in [0.1, 0.15) is 0 Å². The number of ether oxygens (including phenoxy) is 2. The van der Waals surface area contributed by atoms with Gasteiger partial charge >= 0.3 is 0 Å². The van der Waals surface area contributed by atoms with E-state index in [0.29, 0.717) is 45.0 Å². The third-order valence-electron chi connectivity index (χ3n) is 5.43. The Morgan fingerprint density at radius 2 is 1.90 bits per heavy atom. The summed E-state index contributed by atoms with van der Waals surface area (Å²) < 4.78 is 13.7. The maximum atomic E-state index is 13.0. The smallest absolute Gasteiger partial charge is 0.253 e. The van der Waals surface area contributed by atoms with Gasteiger partial charge in [-0.1, -0.05) is 23.2 Å². The van der Waals surface area contributed by atoms with E-state index in [1.807, 2.05) is 19.1 Å². The first kappa shape index (κ1) is 20.8. The molecule has 0 bridgehead atoms. The number of methoxy groups -OCH3 is 1. The fourth-order valence-electron chi connectivity index (χ4n) is 3.96. The summed E-state index contributed by atoms with van der Waals surface area (Å²) in [5.74, 6) is 1.20. The van der Waals surface area contributed by atoms with Crippen LogP contribution in [0.5, 0.6) is 11.5 Å². The van der Waals surface area contributed by atoms with Gasteiger partial charge < -0.3 is 19.4 Å². The third-order valence-corrected chi connectivity index (χ3v) is 6.00. The minimum Gasteiger partial charge on any atom is -0.493 e. The number of nitrogens with one attached hydrogen (secondary N) is 1. The van der Waals surface area contributed by atoms with Crippen molar-refractivity contribution in [2.45, 2.75) is 45.3 Å². The van der Waals surface area contributed by atoms with E-state index in [9.17, 15) is 4.79 Å². The van der Waals surface area contributed by atoms with E-state index in [1.165, 1.54) is 12.4 Å². The number of pyridine rings is 2. The van der Waals surface area contributed by atoms with Crippen LogP contribution in [0.1, 0.15) is 32.6 Å². The zero-order chi connectivity index (χ0) is 21.3. The van der Waals surface area contributed by atoms with Crippen LogP contribution in [-0.2, 0) is 6.54 Å². The molecule has 2 aromatic heterocycles. The number of aromatic nitrogens is 2. The largest absolute Gasteiger partial charge is 0.493 e. The molecule has 0 saturated heterocycles. The Hall–Kier alpha value is -2.44. The Kier molecular flexibility index (Phi) is 6.06. The van der Waals surface area contributed by atoms with Gasteiger partial charge in [0.15, 0.2) is 11.5 Å². The molecule has 1 fully saturated rings. The highest BCUT2D eigenvalue weighted by Crippen LogP contribution is 2.41. The molecule has 0 spiro atoms. The summed E-state index contributed by atoms with van der Waals surface area (Å²) in [5.41, 5.74) is 1.63. The lowest BCUT2D eigenvalue weighted by atomic mass is 10.1. The van der Waals surface area contributed by atoms with Crippen molar-refractivity contribution in [2.75, 3.05) is 12.4 Å². The van der Waals surface area contributed by atoms with E-state index in [1.54, 1.807) is 17.7 Å². The summed E-state index contributed by atoms with van der Waals surface area (Å²) in [6, 6.07) is 5.31. The Labute approximate surface area is 184 Å². The van der Waals surface area contributed by atoms with Crippen molar-refractivity contribution in [2.24, 2.45) is 0 Å². The standard InChI is InChI=1S/C22H23Cl2N3O3/c1-3-27-19(28)10-17(26-20-15(23)11-25-12-16(20)24)14-8-9-18(29-2)22(21(14)27)30-13-6-4-5-7-13/h8-13H,3-7H2,1-2H3,(H,25,26). The number of halogens is 2. The van der Waals surface area contributed by atoms with Crippen molar-refractivity contribution in [1.82, 2.24) is 9.55 Å². The Morgan fingerprint density at radius 3 is 2.53 bits per heavy atom. The minimum absolute atomic E-state index is 0.116. The molecule has 1 aliphatic carbocycles. The summed E-state index contributed by atoms with van der Waals surface area (Å²) >= 11 is 12.6. The number of anilines is 2. The average molecular weight is 448 g/mol. The van der Waals surface area contributed by atoms with Crippen LogP contribution in [0.25, 0.3) is 10.9 Å². The lowest BCUT2D eigenvalue weighted by Crippen LogP contribution is -2.21. The van der Waals surface area contributed by atoms with E-state index in [2.05, 4.69) is 10.3 Å². The zero-order valence-corrected chi connectivity index (χ0v) is 18.4. The van der Waals surface area contributed by atoms with Crippen LogP contribution in [-0.4, -0.2) is 22.8 Å². The molecule has 6 nitrogen and oxygen atoms in total. The maximum absolute atomic E-state index is 13.0. The first-order valence-corrected chi connectivity index (χ1v) is 10.8. The lowest BCUT2D eigenvalue weighted by Gasteiger charge is -2.22. The third kappa shape index (κ3) is 3.82. The van der Waals surface area contributed by atoms with Crippen molar-refractivity contribution >= 4 is 45.5 Å². The molecule has 0 atom stereocenters. The van der Waals surface area contributed by atoms with Gasteiger partial charge in [0.05, 0.1) is 40.2 Å². The second-order valence-electron chi connectivity index (χ2n) is 7.26. The van der Waals surface area contributed by atoms with Crippen LogP contribution in [0.15, 0.2) is 35.4 Å². The molecule has 1 aliphatic rings. The fraction of sp³-hybridized carbons (Fsp3) is 0.364. The quantitative estimate of drug-likeness (QED) is 0.517. The normalized spacial score (nSPS) is 14.3. The van der Waals surface area contributed by atoms with Crippen molar-refractivity contribution in [1.29, 1.82) is 0 Å². The summed E-state index contributed by atoms with van der Waals surface area (Å²) in [6.45, 7) is 2.43. The van der Waals surface area contributed by atoms with E-state index < -0.39 is 0 Å². The molecule has 3 aromatic rings. The van der Waals surface area contributed by atoms with Gasteiger partial charge in [-0.3, -0.25) is 9.78 Å². The SMILES string of the molecule is CCn1c(=O)cc(Nc2c(Cl)cncc2Cl)c2ccc(OC)c(OC3CCCC3)c21. The number of aryl methyl sites for hydroxylation is 1. The van der Waals surface area contributed by atoms with Crippen molar-refractivity contribution in [3.05, 3.63) is 51.0 Å². The molecule has 1 N–H and O–H groups in total. The number of hydrogen-bond acceptors (Lipinski definition) is 5. The molecular weight excluding hydrogens is 425 g/mol. The van der Waals surface area contributed by atoms with Crippen molar-refractivity contribution < 1.29 is 9.47 Å². The summed E-state index contributed by atoms with van der Waals surface area (Å²) in [5, 5.41) is 4.77. The van der Waals surface area contributed by atoms with Gasteiger partial charge in [0.2, 0.25) is 0 Å². The van der Waals surface area contributed by atoms with E-state index in [-0.39, 0.29) is 11.7 Å². The first-order chi connectivity index (χ1) is 14.5. The molecule has 1 aromatic carbocycles. The van der Waals surface area contributed by atoms with E-state index in [4.69, 9.17) is 32.7 Å². The molecule has 8 heteroatoms. The number of rotatable bonds is 6.